The van der Waals surface area contributed by atoms with E-state index in [2.05, 4.69) is 19.1 Å². The topological polar surface area (TPSA) is 9.23 Å². The lowest BCUT2D eigenvalue weighted by atomic mass is 9.92. The zero-order valence-corrected chi connectivity index (χ0v) is 16.9. The van der Waals surface area contributed by atoms with Gasteiger partial charge in [0, 0.05) is 8.80 Å². The molecular weight excluding hydrogens is 365 g/mol. The van der Waals surface area contributed by atoms with Crippen LogP contribution >= 0.6 is 0 Å². The molecule has 0 N–H and O–H groups in total. The molecule has 0 spiro atoms. The third-order valence-electron chi connectivity index (χ3n) is 5.56. The van der Waals surface area contributed by atoms with E-state index in [-0.39, 0.29) is 5.75 Å². The van der Waals surface area contributed by atoms with Crippen LogP contribution in [0.4, 0.5) is 13.2 Å². The van der Waals surface area contributed by atoms with Crippen molar-refractivity contribution < 1.29 is 17.9 Å². The minimum atomic E-state index is -2.61. The number of rotatable bonds is 7. The molecule has 1 aliphatic heterocycles. The van der Waals surface area contributed by atoms with E-state index in [9.17, 15) is 13.2 Å². The summed E-state index contributed by atoms with van der Waals surface area (Å²) in [6.45, 7) is 1.49. The summed E-state index contributed by atoms with van der Waals surface area (Å²) in [7, 11) is -0.471. The van der Waals surface area contributed by atoms with E-state index in [1.807, 2.05) is 12.1 Å². The minimum absolute atomic E-state index is 0.135. The Morgan fingerprint density at radius 1 is 1.04 bits per heavy atom. The molecule has 0 aliphatic carbocycles. The molecule has 0 bridgehead atoms. The molecule has 5 heteroatoms. The maximum absolute atomic E-state index is 14.1. The monoisotopic (exact) mass is 392 g/mol. The Kier molecular flexibility index (Phi) is 6.99. The van der Waals surface area contributed by atoms with Crippen LogP contribution in [0.3, 0.4) is 0 Å². The maximum Gasteiger partial charge on any atom is 0.272 e. The van der Waals surface area contributed by atoms with Crippen molar-refractivity contribution in [2.75, 3.05) is 6.61 Å². The molecule has 0 saturated carbocycles. The zero-order valence-electron chi connectivity index (χ0n) is 15.8. The second kappa shape index (κ2) is 9.45. The Morgan fingerprint density at radius 3 is 2.30 bits per heavy atom. The molecule has 0 radical (unpaired) electrons. The van der Waals surface area contributed by atoms with Gasteiger partial charge < -0.3 is 4.74 Å². The van der Waals surface area contributed by atoms with Gasteiger partial charge in [-0.3, -0.25) is 0 Å². The fourth-order valence-electron chi connectivity index (χ4n) is 4.09. The van der Waals surface area contributed by atoms with Crippen LogP contribution in [0.1, 0.15) is 37.7 Å². The average Bonchev–Trinajstić information content (AvgIpc) is 2.68. The normalized spacial score (nSPS) is 20.0. The highest BCUT2D eigenvalue weighted by atomic mass is 28.3. The van der Waals surface area contributed by atoms with Crippen molar-refractivity contribution >= 4 is 8.80 Å². The summed E-state index contributed by atoms with van der Waals surface area (Å²) in [5.74, 6) is -0.0957. The predicted octanol–water partition coefficient (Wildman–Crippen LogP) is 6.65. The summed E-state index contributed by atoms with van der Waals surface area (Å²) in [4.78, 5) is 0. The molecule has 2 aromatic carbocycles. The van der Waals surface area contributed by atoms with Crippen LogP contribution in [-0.2, 0) is 0 Å². The first-order valence-electron chi connectivity index (χ1n) is 9.87. The Bertz CT molecular complexity index is 725. The molecule has 1 fully saturated rings. The van der Waals surface area contributed by atoms with Crippen molar-refractivity contribution in [1.29, 1.82) is 0 Å². The molecule has 1 aliphatic rings. The quantitative estimate of drug-likeness (QED) is 0.479. The summed E-state index contributed by atoms with van der Waals surface area (Å²) >= 11 is 0. The largest absolute Gasteiger partial charge is 0.485 e. The zero-order chi connectivity index (χ0) is 19.2. The first-order valence-corrected chi connectivity index (χ1v) is 12.3. The third-order valence-corrected chi connectivity index (χ3v) is 9.25. The van der Waals surface area contributed by atoms with Crippen molar-refractivity contribution in [2.45, 2.75) is 56.7 Å². The van der Waals surface area contributed by atoms with Crippen molar-refractivity contribution in [2.24, 2.45) is 0 Å². The lowest BCUT2D eigenvalue weighted by Gasteiger charge is -2.27. The van der Waals surface area contributed by atoms with Gasteiger partial charge >= 0.3 is 0 Å². The van der Waals surface area contributed by atoms with Crippen LogP contribution in [0.15, 0.2) is 42.5 Å². The van der Waals surface area contributed by atoms with Gasteiger partial charge in [0.15, 0.2) is 11.6 Å². The molecule has 0 amide bonds. The second-order valence-corrected chi connectivity index (χ2v) is 10.9. The van der Waals surface area contributed by atoms with Crippen LogP contribution < -0.4 is 4.74 Å². The number of hydrogen-bond acceptors (Lipinski definition) is 1. The van der Waals surface area contributed by atoms with Crippen LogP contribution in [0.25, 0.3) is 11.1 Å². The van der Waals surface area contributed by atoms with Gasteiger partial charge in [-0.25, -0.2) is 13.2 Å². The van der Waals surface area contributed by atoms with Crippen molar-refractivity contribution in [3.63, 3.8) is 0 Å². The molecule has 146 valence electrons. The number of ether oxygens (including phenoxy) is 1. The van der Waals surface area contributed by atoms with Gasteiger partial charge in [-0.2, -0.15) is 0 Å². The fraction of sp³-hybridized carbons (Fsp3) is 0.455. The molecule has 1 saturated heterocycles. The van der Waals surface area contributed by atoms with Gasteiger partial charge in [0.2, 0.25) is 0 Å². The third kappa shape index (κ3) is 5.38. The molecule has 1 nitrogen and oxygen atoms in total. The lowest BCUT2D eigenvalue weighted by molar-refractivity contribution is 0.0799. The summed E-state index contributed by atoms with van der Waals surface area (Å²) in [6, 6.07) is 17.2. The Balaban J connectivity index is 1.64. The fourth-order valence-corrected chi connectivity index (χ4v) is 7.52. The smallest absolute Gasteiger partial charge is 0.272 e. The number of benzene rings is 2. The SMILES string of the molecule is CCC[Si@H]1CC[C@H](c2ccc(-c3ccc(OCC(F)F)c(F)c3)cc2)CC1. The lowest BCUT2D eigenvalue weighted by Crippen LogP contribution is -2.19. The van der Waals surface area contributed by atoms with Gasteiger partial charge in [-0.05, 0) is 47.6 Å². The minimum Gasteiger partial charge on any atom is -0.485 e. The molecule has 1 heterocycles. The van der Waals surface area contributed by atoms with E-state index in [4.69, 9.17) is 4.74 Å². The highest BCUT2D eigenvalue weighted by Gasteiger charge is 2.22. The Labute approximate surface area is 161 Å². The second-order valence-electron chi connectivity index (χ2n) is 7.48. The van der Waals surface area contributed by atoms with Gasteiger partial charge in [0.1, 0.15) is 6.61 Å². The number of alkyl halides is 2. The summed E-state index contributed by atoms with van der Waals surface area (Å²) in [5, 5.41) is 0. The molecule has 2 aromatic rings. The van der Waals surface area contributed by atoms with E-state index in [0.29, 0.717) is 5.92 Å². The first kappa shape index (κ1) is 20.0. The standard InChI is InChI=1S/C22H27F3OSi/c1-2-11-27-12-9-18(10-13-27)16-3-5-17(6-4-16)19-7-8-21(20(23)14-19)26-15-22(24)25/h3-8,14,18,22,27H,2,9-13,15H2,1H3/t18-,27-. The Morgan fingerprint density at radius 2 is 1.70 bits per heavy atom. The maximum atomic E-state index is 14.1. The van der Waals surface area contributed by atoms with E-state index in [1.165, 1.54) is 55.1 Å². The van der Waals surface area contributed by atoms with Crippen molar-refractivity contribution in [3.05, 3.63) is 53.8 Å². The molecule has 27 heavy (non-hydrogen) atoms. The van der Waals surface area contributed by atoms with Crippen molar-refractivity contribution in [3.8, 4) is 16.9 Å². The Hall–Kier alpha value is -1.75. The first-order chi connectivity index (χ1) is 13.1. The highest BCUT2D eigenvalue weighted by molar-refractivity contribution is 6.59. The summed E-state index contributed by atoms with van der Waals surface area (Å²) in [5.41, 5.74) is 3.02. The van der Waals surface area contributed by atoms with Crippen LogP contribution in [0.5, 0.6) is 5.75 Å². The van der Waals surface area contributed by atoms with E-state index >= 15 is 0 Å². The van der Waals surface area contributed by atoms with Gasteiger partial charge in [-0.15, -0.1) is 0 Å². The molecule has 0 aromatic heterocycles. The van der Waals surface area contributed by atoms with Gasteiger partial charge in [0.25, 0.3) is 6.43 Å². The van der Waals surface area contributed by atoms with Crippen molar-refractivity contribution in [1.82, 2.24) is 0 Å². The number of hydrogen-bond donors (Lipinski definition) is 0. The van der Waals surface area contributed by atoms with Gasteiger partial charge in [0.05, 0.1) is 0 Å². The van der Waals surface area contributed by atoms with E-state index in [1.54, 1.807) is 6.07 Å². The van der Waals surface area contributed by atoms with Crippen LogP contribution in [-0.4, -0.2) is 21.8 Å². The summed E-state index contributed by atoms with van der Waals surface area (Å²) in [6.07, 6.45) is 1.33. The van der Waals surface area contributed by atoms with Crippen LogP contribution in [0, 0.1) is 5.82 Å². The van der Waals surface area contributed by atoms with Gasteiger partial charge in [-0.1, -0.05) is 61.8 Å². The summed E-state index contributed by atoms with van der Waals surface area (Å²) < 4.78 is 43.3. The molecular formula is C22H27F3OSi. The molecule has 3 rings (SSSR count). The van der Waals surface area contributed by atoms with E-state index < -0.39 is 27.6 Å². The number of halogens is 3. The molecule has 0 unspecified atom stereocenters. The predicted molar refractivity (Wildman–Crippen MR) is 107 cm³/mol. The average molecular weight is 393 g/mol. The van der Waals surface area contributed by atoms with E-state index in [0.717, 1.165) is 11.1 Å². The van der Waals surface area contributed by atoms with Crippen LogP contribution in [0.2, 0.25) is 18.1 Å². The highest BCUT2D eigenvalue weighted by Crippen LogP contribution is 2.36. The molecule has 0 atom stereocenters.